The Morgan fingerprint density at radius 3 is 2.86 bits per heavy atom. The second-order valence-electron chi connectivity index (χ2n) is 7.80. The van der Waals surface area contributed by atoms with Crippen LogP contribution in [0.3, 0.4) is 0 Å². The van der Waals surface area contributed by atoms with E-state index in [1.54, 1.807) is 6.20 Å². The van der Waals surface area contributed by atoms with Gasteiger partial charge in [-0.05, 0) is 50.1 Å². The molecule has 6 nitrogen and oxygen atoms in total. The number of aromatic nitrogens is 3. The summed E-state index contributed by atoms with van der Waals surface area (Å²) in [5.74, 6) is 1.02. The lowest BCUT2D eigenvalue weighted by atomic mass is 9.94. The second kappa shape index (κ2) is 8.03. The zero-order chi connectivity index (χ0) is 20.5. The number of rotatable bonds is 4. The minimum Gasteiger partial charge on any atom is -0.361 e. The maximum Gasteiger partial charge on any atom is 0.255 e. The first-order valence-corrected chi connectivity index (χ1v) is 10.4. The Kier molecular flexibility index (Phi) is 5.46. The molecule has 0 saturated carbocycles. The molecule has 1 aromatic carbocycles. The Morgan fingerprint density at radius 1 is 1.28 bits per heavy atom. The number of nitrogens with zero attached hydrogens (tertiary/aromatic N) is 5. The van der Waals surface area contributed by atoms with Crippen molar-refractivity contribution in [3.8, 4) is 0 Å². The standard InChI is InChI=1S/C22H26ClN5O/c1-4-28-19-8-7-18(23)10-16(19)11-20(28)15-6-5-9-27(14-15)22(29)17-12-21(26(2)3)25-24-13-17/h7-8,10-13,15H,4-6,9,14H2,1-3H3. The van der Waals surface area contributed by atoms with Gasteiger partial charge in [-0.25, -0.2) is 0 Å². The van der Waals surface area contributed by atoms with Crippen LogP contribution in [0.5, 0.6) is 0 Å². The molecule has 0 aliphatic carbocycles. The number of carbonyl (C=O) groups excluding carboxylic acids is 1. The fourth-order valence-electron chi connectivity index (χ4n) is 4.23. The van der Waals surface area contributed by atoms with Gasteiger partial charge in [0.1, 0.15) is 0 Å². The van der Waals surface area contributed by atoms with E-state index in [1.807, 2.05) is 42.1 Å². The number of hydrogen-bond donors (Lipinski definition) is 0. The number of anilines is 1. The van der Waals surface area contributed by atoms with Crippen molar-refractivity contribution < 1.29 is 4.79 Å². The van der Waals surface area contributed by atoms with Crippen LogP contribution in [-0.4, -0.2) is 52.8 Å². The predicted octanol–water partition coefficient (Wildman–Crippen LogP) is 4.19. The van der Waals surface area contributed by atoms with Crippen LogP contribution in [-0.2, 0) is 6.54 Å². The van der Waals surface area contributed by atoms with E-state index in [9.17, 15) is 4.79 Å². The Bertz CT molecular complexity index is 1040. The molecular weight excluding hydrogens is 386 g/mol. The Hall–Kier alpha value is -2.60. The van der Waals surface area contributed by atoms with Crippen molar-refractivity contribution in [3.63, 3.8) is 0 Å². The molecule has 1 saturated heterocycles. The predicted molar refractivity (Wildman–Crippen MR) is 117 cm³/mol. The molecule has 1 aliphatic rings. The number of halogens is 1. The van der Waals surface area contributed by atoms with Gasteiger partial charge in [0.2, 0.25) is 0 Å². The zero-order valence-corrected chi connectivity index (χ0v) is 17.9. The number of likely N-dealkylation sites (tertiary alicyclic amines) is 1. The molecule has 1 aliphatic heterocycles. The highest BCUT2D eigenvalue weighted by atomic mass is 35.5. The van der Waals surface area contributed by atoms with Gasteiger partial charge in [0.15, 0.2) is 5.82 Å². The van der Waals surface area contributed by atoms with E-state index in [0.29, 0.717) is 23.8 Å². The molecule has 1 fully saturated rings. The van der Waals surface area contributed by atoms with Crippen LogP contribution in [0.2, 0.25) is 5.02 Å². The van der Waals surface area contributed by atoms with Crippen LogP contribution in [0.1, 0.15) is 41.7 Å². The number of aryl methyl sites for hydroxylation is 1. The SMILES string of the molecule is CCn1c(C2CCCN(C(=O)c3cnnc(N(C)C)c3)C2)cc2cc(Cl)ccc21. The van der Waals surface area contributed by atoms with E-state index in [-0.39, 0.29) is 5.91 Å². The molecule has 29 heavy (non-hydrogen) atoms. The molecule has 7 heteroatoms. The Morgan fingerprint density at radius 2 is 2.10 bits per heavy atom. The molecule has 3 heterocycles. The average molecular weight is 412 g/mol. The van der Waals surface area contributed by atoms with Crippen molar-refractivity contribution >= 4 is 34.2 Å². The highest BCUT2D eigenvalue weighted by Gasteiger charge is 2.28. The topological polar surface area (TPSA) is 54.3 Å². The molecule has 4 rings (SSSR count). The summed E-state index contributed by atoms with van der Waals surface area (Å²) < 4.78 is 2.35. The molecule has 0 spiro atoms. The molecule has 0 N–H and O–H groups in total. The van der Waals surface area contributed by atoms with Crippen molar-refractivity contribution in [1.82, 2.24) is 19.7 Å². The number of carbonyl (C=O) groups is 1. The fraction of sp³-hybridized carbons (Fsp3) is 0.409. The normalized spacial score (nSPS) is 17.0. The lowest BCUT2D eigenvalue weighted by molar-refractivity contribution is 0.0704. The quantitative estimate of drug-likeness (QED) is 0.645. The van der Waals surface area contributed by atoms with Crippen LogP contribution in [0, 0.1) is 0 Å². The second-order valence-corrected chi connectivity index (χ2v) is 8.24. The molecular formula is C22H26ClN5O. The van der Waals surface area contributed by atoms with Crippen molar-refractivity contribution in [2.75, 3.05) is 32.1 Å². The highest BCUT2D eigenvalue weighted by molar-refractivity contribution is 6.31. The third kappa shape index (κ3) is 3.81. The maximum atomic E-state index is 13.1. The summed E-state index contributed by atoms with van der Waals surface area (Å²) in [6.45, 7) is 4.54. The smallest absolute Gasteiger partial charge is 0.255 e. The number of amides is 1. The lowest BCUT2D eigenvalue weighted by Gasteiger charge is -2.33. The first-order valence-electron chi connectivity index (χ1n) is 10.1. The van der Waals surface area contributed by atoms with Gasteiger partial charge in [-0.3, -0.25) is 4.79 Å². The molecule has 2 aromatic heterocycles. The summed E-state index contributed by atoms with van der Waals surface area (Å²) in [6.07, 6.45) is 3.62. The van der Waals surface area contributed by atoms with E-state index in [4.69, 9.17) is 11.6 Å². The molecule has 0 bridgehead atoms. The third-order valence-corrected chi connectivity index (χ3v) is 5.92. The van der Waals surface area contributed by atoms with Gasteiger partial charge in [0.25, 0.3) is 5.91 Å². The van der Waals surface area contributed by atoms with Gasteiger partial charge < -0.3 is 14.4 Å². The highest BCUT2D eigenvalue weighted by Crippen LogP contribution is 2.33. The van der Waals surface area contributed by atoms with Gasteiger partial charge in [-0.2, -0.15) is 5.10 Å². The minimum atomic E-state index is 0.0231. The summed E-state index contributed by atoms with van der Waals surface area (Å²) in [7, 11) is 3.79. The van der Waals surface area contributed by atoms with Crippen LogP contribution < -0.4 is 4.90 Å². The fourth-order valence-corrected chi connectivity index (χ4v) is 4.41. The molecule has 1 unspecified atom stereocenters. The molecule has 0 radical (unpaired) electrons. The molecule has 1 atom stereocenters. The third-order valence-electron chi connectivity index (χ3n) is 5.69. The van der Waals surface area contributed by atoms with Crippen LogP contribution in [0.25, 0.3) is 10.9 Å². The van der Waals surface area contributed by atoms with Gasteiger partial charge in [-0.15, -0.1) is 5.10 Å². The summed E-state index contributed by atoms with van der Waals surface area (Å²) >= 11 is 6.20. The van der Waals surface area contributed by atoms with Gasteiger partial charge >= 0.3 is 0 Å². The van der Waals surface area contributed by atoms with Crippen LogP contribution in [0.15, 0.2) is 36.5 Å². The summed E-state index contributed by atoms with van der Waals surface area (Å²) in [4.78, 5) is 16.9. The average Bonchev–Trinajstić information content (AvgIpc) is 3.11. The zero-order valence-electron chi connectivity index (χ0n) is 17.1. The van der Waals surface area contributed by atoms with Gasteiger partial charge in [-0.1, -0.05) is 11.6 Å². The van der Waals surface area contributed by atoms with Gasteiger partial charge in [0, 0.05) is 61.3 Å². The Labute approximate surface area is 176 Å². The van der Waals surface area contributed by atoms with Crippen molar-refractivity contribution in [3.05, 3.63) is 52.8 Å². The molecule has 3 aromatic rings. The van der Waals surface area contributed by atoms with Crippen molar-refractivity contribution in [1.29, 1.82) is 0 Å². The number of hydrogen-bond acceptors (Lipinski definition) is 4. The monoisotopic (exact) mass is 411 g/mol. The largest absolute Gasteiger partial charge is 0.361 e. The summed E-state index contributed by atoms with van der Waals surface area (Å²) in [5.41, 5.74) is 3.07. The minimum absolute atomic E-state index is 0.0231. The molecule has 152 valence electrons. The lowest BCUT2D eigenvalue weighted by Crippen LogP contribution is -2.39. The van der Waals surface area contributed by atoms with E-state index < -0.39 is 0 Å². The number of piperidine rings is 1. The number of fused-ring (bicyclic) bond motifs is 1. The van der Waals surface area contributed by atoms with Crippen molar-refractivity contribution in [2.24, 2.45) is 0 Å². The van der Waals surface area contributed by atoms with E-state index >= 15 is 0 Å². The summed E-state index contributed by atoms with van der Waals surface area (Å²) in [5, 5.41) is 9.99. The van der Waals surface area contributed by atoms with E-state index in [0.717, 1.165) is 36.3 Å². The first kappa shape index (κ1) is 19.7. The maximum absolute atomic E-state index is 13.1. The van der Waals surface area contributed by atoms with Gasteiger partial charge in [0.05, 0.1) is 11.8 Å². The van der Waals surface area contributed by atoms with Crippen LogP contribution >= 0.6 is 11.6 Å². The summed E-state index contributed by atoms with van der Waals surface area (Å²) in [6, 6.07) is 10.1. The number of benzene rings is 1. The first-order chi connectivity index (χ1) is 14.0. The van der Waals surface area contributed by atoms with E-state index in [1.165, 1.54) is 11.2 Å². The Balaban J connectivity index is 1.61. The molecule has 1 amide bonds. The van der Waals surface area contributed by atoms with Crippen LogP contribution in [0.4, 0.5) is 5.82 Å². The van der Waals surface area contributed by atoms with Crippen molar-refractivity contribution in [2.45, 2.75) is 32.2 Å². The van der Waals surface area contributed by atoms with E-state index in [2.05, 4.69) is 33.8 Å².